The summed E-state index contributed by atoms with van der Waals surface area (Å²) >= 11 is 3.32. The molecule has 2 rings (SSSR count). The fourth-order valence-electron chi connectivity index (χ4n) is 1.71. The van der Waals surface area contributed by atoms with Crippen molar-refractivity contribution < 1.29 is 19.3 Å². The molecule has 0 aromatic heterocycles. The van der Waals surface area contributed by atoms with Crippen LogP contribution in [0.15, 0.2) is 52.1 Å². The van der Waals surface area contributed by atoms with E-state index in [-0.39, 0.29) is 11.3 Å². The molecule has 0 aliphatic rings. The van der Waals surface area contributed by atoms with Crippen molar-refractivity contribution in [2.75, 3.05) is 7.11 Å². The van der Waals surface area contributed by atoms with Gasteiger partial charge in [-0.3, -0.25) is 10.1 Å². The molecule has 118 valence electrons. The molecule has 0 heterocycles. The van der Waals surface area contributed by atoms with E-state index in [1.54, 1.807) is 18.2 Å². The zero-order valence-corrected chi connectivity index (χ0v) is 13.5. The highest BCUT2D eigenvalue weighted by molar-refractivity contribution is 9.10. The van der Waals surface area contributed by atoms with Crippen LogP contribution in [0.2, 0.25) is 0 Å². The van der Waals surface area contributed by atoms with Gasteiger partial charge in [-0.1, -0.05) is 21.1 Å². The van der Waals surface area contributed by atoms with E-state index in [4.69, 9.17) is 9.57 Å². The van der Waals surface area contributed by atoms with Gasteiger partial charge in [-0.15, -0.1) is 0 Å². The van der Waals surface area contributed by atoms with Crippen molar-refractivity contribution >= 4 is 33.8 Å². The molecular formula is C15H11BrN2O5. The number of hydrogen-bond acceptors (Lipinski definition) is 6. The lowest BCUT2D eigenvalue weighted by atomic mass is 10.2. The average Bonchev–Trinajstić information content (AvgIpc) is 2.55. The Morgan fingerprint density at radius 3 is 2.57 bits per heavy atom. The van der Waals surface area contributed by atoms with Crippen molar-refractivity contribution in [3.63, 3.8) is 0 Å². The Morgan fingerprint density at radius 1 is 1.26 bits per heavy atom. The number of nitrogens with zero attached hydrogens (tertiary/aromatic N) is 2. The third-order valence-corrected chi connectivity index (χ3v) is 3.33. The SMILES string of the molecule is COc1ccc(Br)cc1/C=N/OC(=O)c1ccc([N+](=O)[O-])cc1. The highest BCUT2D eigenvalue weighted by Gasteiger charge is 2.10. The Kier molecular flexibility index (Phi) is 5.42. The molecule has 2 aromatic rings. The molecule has 23 heavy (non-hydrogen) atoms. The summed E-state index contributed by atoms with van der Waals surface area (Å²) in [5.74, 6) is -0.145. The molecule has 0 atom stereocenters. The zero-order valence-electron chi connectivity index (χ0n) is 11.9. The Labute approximate surface area is 139 Å². The Hall–Kier alpha value is -2.74. The molecule has 0 amide bonds. The summed E-state index contributed by atoms with van der Waals surface area (Å²) in [6.45, 7) is 0. The summed E-state index contributed by atoms with van der Waals surface area (Å²) < 4.78 is 5.98. The van der Waals surface area contributed by atoms with Crippen LogP contribution in [0.1, 0.15) is 15.9 Å². The van der Waals surface area contributed by atoms with E-state index in [1.807, 2.05) is 0 Å². The summed E-state index contributed by atoms with van der Waals surface area (Å²) in [5.41, 5.74) is 0.677. The van der Waals surface area contributed by atoms with E-state index in [1.165, 1.54) is 37.6 Å². The van der Waals surface area contributed by atoms with Crippen LogP contribution < -0.4 is 4.74 Å². The standard InChI is InChI=1S/C15H11BrN2O5/c1-22-14-7-4-12(16)8-11(14)9-17-23-15(19)10-2-5-13(6-3-10)18(20)21/h2-9H,1H3/b17-9+. The van der Waals surface area contributed by atoms with Gasteiger partial charge in [0.2, 0.25) is 0 Å². The van der Waals surface area contributed by atoms with Gasteiger partial charge < -0.3 is 9.57 Å². The second-order valence-electron chi connectivity index (χ2n) is 4.30. The molecule has 0 fully saturated rings. The molecule has 0 bridgehead atoms. The van der Waals surface area contributed by atoms with Crippen molar-refractivity contribution in [2.45, 2.75) is 0 Å². The summed E-state index contributed by atoms with van der Waals surface area (Å²) in [4.78, 5) is 26.6. The van der Waals surface area contributed by atoms with Gasteiger partial charge in [0.1, 0.15) is 5.75 Å². The van der Waals surface area contributed by atoms with Gasteiger partial charge in [0.15, 0.2) is 0 Å². The van der Waals surface area contributed by atoms with Crippen LogP contribution in [0, 0.1) is 10.1 Å². The van der Waals surface area contributed by atoms with Crippen LogP contribution in [-0.4, -0.2) is 24.2 Å². The lowest BCUT2D eigenvalue weighted by Crippen LogP contribution is -2.01. The van der Waals surface area contributed by atoms with E-state index in [0.29, 0.717) is 11.3 Å². The summed E-state index contributed by atoms with van der Waals surface area (Å²) in [7, 11) is 1.52. The number of hydrogen-bond donors (Lipinski definition) is 0. The maximum absolute atomic E-state index is 11.8. The molecule has 0 aliphatic carbocycles. The van der Waals surface area contributed by atoms with Gasteiger partial charge in [0, 0.05) is 22.2 Å². The molecule has 0 N–H and O–H groups in total. The average molecular weight is 379 g/mol. The maximum atomic E-state index is 11.8. The number of halogens is 1. The Bertz CT molecular complexity index is 759. The topological polar surface area (TPSA) is 91.0 Å². The Balaban J connectivity index is 2.06. The summed E-state index contributed by atoms with van der Waals surface area (Å²) in [5, 5.41) is 14.2. The van der Waals surface area contributed by atoms with Gasteiger partial charge in [-0.25, -0.2) is 4.79 Å². The van der Waals surface area contributed by atoms with Gasteiger partial charge in [0.25, 0.3) is 5.69 Å². The molecule has 0 spiro atoms. The van der Waals surface area contributed by atoms with Crippen LogP contribution in [0.4, 0.5) is 5.69 Å². The predicted molar refractivity (Wildman–Crippen MR) is 86.8 cm³/mol. The van der Waals surface area contributed by atoms with Crippen LogP contribution in [-0.2, 0) is 4.84 Å². The molecule has 0 aliphatic heterocycles. The lowest BCUT2D eigenvalue weighted by molar-refractivity contribution is -0.384. The first-order chi connectivity index (χ1) is 11.0. The van der Waals surface area contributed by atoms with Crippen LogP contribution in [0.25, 0.3) is 0 Å². The molecule has 7 nitrogen and oxygen atoms in total. The van der Waals surface area contributed by atoms with Crippen molar-refractivity contribution in [3.05, 3.63) is 68.2 Å². The first-order valence-corrected chi connectivity index (χ1v) is 7.13. The van der Waals surface area contributed by atoms with Gasteiger partial charge in [-0.05, 0) is 30.3 Å². The molecular weight excluding hydrogens is 368 g/mol. The molecule has 8 heteroatoms. The smallest absolute Gasteiger partial charge is 0.365 e. The number of nitro benzene ring substituents is 1. The number of non-ortho nitro benzene ring substituents is 1. The highest BCUT2D eigenvalue weighted by Crippen LogP contribution is 2.21. The number of benzene rings is 2. The van der Waals surface area contributed by atoms with Crippen molar-refractivity contribution in [3.8, 4) is 5.75 Å². The minimum Gasteiger partial charge on any atom is -0.496 e. The van der Waals surface area contributed by atoms with Gasteiger partial charge in [0.05, 0.1) is 23.8 Å². The normalized spacial score (nSPS) is 10.5. The molecule has 0 saturated heterocycles. The monoisotopic (exact) mass is 378 g/mol. The van der Waals surface area contributed by atoms with E-state index >= 15 is 0 Å². The van der Waals surface area contributed by atoms with Crippen LogP contribution in [0.3, 0.4) is 0 Å². The summed E-state index contributed by atoms with van der Waals surface area (Å²) in [6, 6.07) is 10.3. The Morgan fingerprint density at radius 2 is 1.96 bits per heavy atom. The number of carbonyl (C=O) groups is 1. The third-order valence-electron chi connectivity index (χ3n) is 2.83. The maximum Gasteiger partial charge on any atom is 0.365 e. The number of carbonyl (C=O) groups excluding carboxylic acids is 1. The summed E-state index contributed by atoms with van der Waals surface area (Å²) in [6.07, 6.45) is 1.34. The molecule has 0 saturated carbocycles. The van der Waals surface area contributed by atoms with E-state index in [0.717, 1.165) is 4.47 Å². The van der Waals surface area contributed by atoms with Crippen molar-refractivity contribution in [1.82, 2.24) is 0 Å². The van der Waals surface area contributed by atoms with E-state index in [9.17, 15) is 14.9 Å². The fourth-order valence-corrected chi connectivity index (χ4v) is 2.09. The molecule has 0 unspecified atom stereocenters. The molecule has 2 aromatic carbocycles. The quantitative estimate of drug-likeness (QED) is 0.343. The zero-order chi connectivity index (χ0) is 16.8. The highest BCUT2D eigenvalue weighted by atomic mass is 79.9. The first kappa shape index (κ1) is 16.6. The first-order valence-electron chi connectivity index (χ1n) is 6.34. The van der Waals surface area contributed by atoms with Crippen LogP contribution >= 0.6 is 15.9 Å². The van der Waals surface area contributed by atoms with E-state index < -0.39 is 10.9 Å². The third kappa shape index (κ3) is 4.36. The predicted octanol–water partition coefficient (Wildman–Crippen LogP) is 3.56. The number of ether oxygens (including phenoxy) is 1. The van der Waals surface area contributed by atoms with Gasteiger partial charge in [-0.2, -0.15) is 0 Å². The fraction of sp³-hybridized carbons (Fsp3) is 0.0667. The largest absolute Gasteiger partial charge is 0.496 e. The van der Waals surface area contributed by atoms with E-state index in [2.05, 4.69) is 21.1 Å². The van der Waals surface area contributed by atoms with Crippen molar-refractivity contribution in [1.29, 1.82) is 0 Å². The van der Waals surface area contributed by atoms with Crippen molar-refractivity contribution in [2.24, 2.45) is 5.16 Å². The second-order valence-corrected chi connectivity index (χ2v) is 5.22. The minimum absolute atomic E-state index is 0.107. The number of nitro groups is 1. The van der Waals surface area contributed by atoms with Crippen LogP contribution in [0.5, 0.6) is 5.75 Å². The number of methoxy groups -OCH3 is 1. The minimum atomic E-state index is -0.717. The van der Waals surface area contributed by atoms with Gasteiger partial charge >= 0.3 is 5.97 Å². The molecule has 0 radical (unpaired) electrons. The number of oxime groups is 1. The lowest BCUT2D eigenvalue weighted by Gasteiger charge is -2.04. The number of rotatable bonds is 5. The second kappa shape index (κ2) is 7.50.